The van der Waals surface area contributed by atoms with E-state index in [4.69, 9.17) is 9.97 Å². The first-order valence-corrected chi connectivity index (χ1v) is 17.2. The second-order valence-corrected chi connectivity index (χ2v) is 13.2. The van der Waals surface area contributed by atoms with Crippen molar-refractivity contribution < 1.29 is 0 Å². The highest BCUT2D eigenvalue weighted by Gasteiger charge is 2.51. The summed E-state index contributed by atoms with van der Waals surface area (Å²) in [5.41, 5.74) is 17.1. The van der Waals surface area contributed by atoms with Gasteiger partial charge in [0, 0.05) is 16.7 Å². The van der Waals surface area contributed by atoms with Gasteiger partial charge < -0.3 is 0 Å². The van der Waals surface area contributed by atoms with Crippen molar-refractivity contribution in [2.24, 2.45) is 0 Å². The van der Waals surface area contributed by atoms with Gasteiger partial charge >= 0.3 is 0 Å². The Morgan fingerprint density at radius 3 is 1.63 bits per heavy atom. The van der Waals surface area contributed by atoms with Crippen molar-refractivity contribution >= 4 is 0 Å². The van der Waals surface area contributed by atoms with E-state index in [9.17, 15) is 5.26 Å². The summed E-state index contributed by atoms with van der Waals surface area (Å²) >= 11 is 0. The molecule has 0 bridgehead atoms. The van der Waals surface area contributed by atoms with Crippen LogP contribution in [0.1, 0.15) is 27.8 Å². The van der Waals surface area contributed by atoms with Gasteiger partial charge in [-0.25, -0.2) is 9.97 Å². The molecule has 0 saturated carbocycles. The highest BCUT2D eigenvalue weighted by atomic mass is 14.9. The minimum Gasteiger partial charge on any atom is -0.228 e. The van der Waals surface area contributed by atoms with Gasteiger partial charge in [-0.05, 0) is 86.0 Å². The van der Waals surface area contributed by atoms with Crippen molar-refractivity contribution in [2.75, 3.05) is 0 Å². The van der Waals surface area contributed by atoms with Crippen LogP contribution in [0.3, 0.4) is 0 Å². The summed E-state index contributed by atoms with van der Waals surface area (Å²) in [7, 11) is 0. The first-order valence-electron chi connectivity index (χ1n) is 17.2. The van der Waals surface area contributed by atoms with Crippen LogP contribution < -0.4 is 0 Å². The number of aromatic nitrogens is 2. The summed E-state index contributed by atoms with van der Waals surface area (Å²) in [6.07, 6.45) is 0. The van der Waals surface area contributed by atoms with Crippen LogP contribution >= 0.6 is 0 Å². The van der Waals surface area contributed by atoms with Crippen LogP contribution in [0.15, 0.2) is 176 Å². The van der Waals surface area contributed by atoms with E-state index in [-0.39, 0.29) is 0 Å². The fourth-order valence-corrected chi connectivity index (χ4v) is 8.32. The zero-order chi connectivity index (χ0) is 33.9. The van der Waals surface area contributed by atoms with Gasteiger partial charge in [-0.2, -0.15) is 5.26 Å². The quantitative estimate of drug-likeness (QED) is 0.191. The largest absolute Gasteiger partial charge is 0.228 e. The number of benzene rings is 7. The van der Waals surface area contributed by atoms with E-state index >= 15 is 0 Å². The Labute approximate surface area is 296 Å². The number of fused-ring (bicyclic) bond motifs is 10. The molecule has 0 unspecified atom stereocenters. The average molecular weight is 648 g/mol. The van der Waals surface area contributed by atoms with E-state index in [1.54, 1.807) is 0 Å². The van der Waals surface area contributed by atoms with E-state index in [1.807, 2.05) is 42.5 Å². The molecule has 0 fully saturated rings. The molecular formula is C48H29N3. The Hall–Kier alpha value is -6.89. The van der Waals surface area contributed by atoms with Crippen LogP contribution in [0.5, 0.6) is 0 Å². The molecule has 1 spiro atoms. The first-order chi connectivity index (χ1) is 25.2. The van der Waals surface area contributed by atoms with Crippen molar-refractivity contribution in [1.82, 2.24) is 9.97 Å². The van der Waals surface area contributed by atoms with E-state index in [2.05, 4.69) is 140 Å². The normalized spacial score (nSPS) is 12.8. The predicted molar refractivity (Wildman–Crippen MR) is 205 cm³/mol. The lowest BCUT2D eigenvalue weighted by Crippen LogP contribution is -2.25. The van der Waals surface area contributed by atoms with Crippen LogP contribution in [0.4, 0.5) is 0 Å². The van der Waals surface area contributed by atoms with Crippen molar-refractivity contribution in [3.63, 3.8) is 0 Å². The second-order valence-electron chi connectivity index (χ2n) is 13.2. The maximum Gasteiger partial charge on any atom is 0.160 e. The predicted octanol–water partition coefficient (Wildman–Crippen LogP) is 11.4. The Morgan fingerprint density at radius 1 is 0.373 bits per heavy atom. The van der Waals surface area contributed by atoms with Gasteiger partial charge in [0.1, 0.15) is 0 Å². The third-order valence-electron chi connectivity index (χ3n) is 10.5. The molecule has 10 rings (SSSR count). The number of hydrogen-bond donors (Lipinski definition) is 0. The first kappa shape index (κ1) is 29.1. The van der Waals surface area contributed by atoms with Crippen LogP contribution in [-0.4, -0.2) is 9.97 Å². The van der Waals surface area contributed by atoms with Crippen molar-refractivity contribution in [2.45, 2.75) is 5.41 Å². The average Bonchev–Trinajstić information content (AvgIpc) is 3.68. The maximum atomic E-state index is 10.0. The Morgan fingerprint density at radius 2 is 0.922 bits per heavy atom. The summed E-state index contributed by atoms with van der Waals surface area (Å²) in [4.78, 5) is 10.1. The molecule has 2 aliphatic rings. The zero-order valence-electron chi connectivity index (χ0n) is 27.6. The molecule has 236 valence electrons. The van der Waals surface area contributed by atoms with Crippen LogP contribution in [0.25, 0.3) is 67.3 Å². The van der Waals surface area contributed by atoms with Gasteiger partial charge in [0.25, 0.3) is 0 Å². The zero-order valence-corrected chi connectivity index (χ0v) is 27.6. The maximum absolute atomic E-state index is 10.0. The lowest BCUT2D eigenvalue weighted by Gasteiger charge is -2.30. The molecule has 2 aliphatic carbocycles. The van der Waals surface area contributed by atoms with Gasteiger partial charge in [-0.1, -0.05) is 146 Å². The topological polar surface area (TPSA) is 49.6 Å². The van der Waals surface area contributed by atoms with Crippen LogP contribution in [0, 0.1) is 11.3 Å². The second kappa shape index (κ2) is 11.3. The number of nitrogens with zero attached hydrogens (tertiary/aromatic N) is 3. The van der Waals surface area contributed by atoms with E-state index in [1.165, 1.54) is 44.5 Å². The van der Waals surface area contributed by atoms with Crippen LogP contribution in [-0.2, 0) is 5.41 Å². The molecule has 3 nitrogen and oxygen atoms in total. The molecule has 7 aromatic carbocycles. The molecule has 1 heterocycles. The van der Waals surface area contributed by atoms with Gasteiger partial charge in [0.2, 0.25) is 0 Å². The van der Waals surface area contributed by atoms with Gasteiger partial charge in [0.15, 0.2) is 5.82 Å². The molecule has 0 amide bonds. The van der Waals surface area contributed by atoms with Crippen molar-refractivity contribution in [1.29, 1.82) is 5.26 Å². The van der Waals surface area contributed by atoms with E-state index in [0.29, 0.717) is 11.4 Å². The minimum absolute atomic E-state index is 0.492. The molecule has 0 aliphatic heterocycles. The Kier molecular flexibility index (Phi) is 6.46. The number of hydrogen-bond acceptors (Lipinski definition) is 3. The Bertz CT molecular complexity index is 2600. The molecule has 3 heteroatoms. The summed E-state index contributed by atoms with van der Waals surface area (Å²) in [6, 6.07) is 64.2. The van der Waals surface area contributed by atoms with Gasteiger partial charge in [0.05, 0.1) is 28.4 Å². The summed E-state index contributed by atoms with van der Waals surface area (Å²) in [5.74, 6) is 0.700. The lowest BCUT2D eigenvalue weighted by molar-refractivity contribution is 0.793. The molecule has 51 heavy (non-hydrogen) atoms. The molecule has 8 aromatic rings. The van der Waals surface area contributed by atoms with Gasteiger partial charge in [-0.15, -0.1) is 0 Å². The highest BCUT2D eigenvalue weighted by Crippen LogP contribution is 2.63. The smallest absolute Gasteiger partial charge is 0.160 e. The van der Waals surface area contributed by atoms with Gasteiger partial charge in [-0.3, -0.25) is 0 Å². The molecule has 0 saturated heterocycles. The standard InChI is InChI=1S/C48H29N3/c49-30-31-22-24-39-40-28-35(23-25-43(40)48(44(39)26-31)41-20-9-7-18-37(41)38-19-8-10-21-42(38)48)34-16-11-17-36(27-34)46-29-45(32-12-3-1-4-13-32)50-47(51-46)33-14-5-2-6-15-33/h1-29H. The number of rotatable bonds is 4. The van der Waals surface area contributed by atoms with E-state index in [0.717, 1.165) is 39.2 Å². The third kappa shape index (κ3) is 4.37. The van der Waals surface area contributed by atoms with E-state index < -0.39 is 5.41 Å². The lowest BCUT2D eigenvalue weighted by atomic mass is 9.70. The summed E-state index contributed by atoms with van der Waals surface area (Å²) < 4.78 is 0. The summed E-state index contributed by atoms with van der Waals surface area (Å²) in [6.45, 7) is 0. The fourth-order valence-electron chi connectivity index (χ4n) is 8.32. The summed E-state index contributed by atoms with van der Waals surface area (Å²) in [5, 5.41) is 10.0. The Balaban J connectivity index is 1.14. The fraction of sp³-hybridized carbons (Fsp3) is 0.0208. The highest BCUT2D eigenvalue weighted by molar-refractivity contribution is 5.96. The molecular weight excluding hydrogens is 619 g/mol. The SMILES string of the molecule is N#Cc1ccc2c(c1)C1(c3ccccc3-c3ccccc31)c1ccc(-c3cccc(-c4cc(-c5ccccc5)nc(-c5ccccc5)n4)c3)cc1-2. The monoisotopic (exact) mass is 647 g/mol. The van der Waals surface area contributed by atoms with Crippen molar-refractivity contribution in [3.8, 4) is 73.4 Å². The van der Waals surface area contributed by atoms with Crippen molar-refractivity contribution in [3.05, 3.63) is 204 Å². The molecule has 1 aromatic heterocycles. The molecule has 0 N–H and O–H groups in total. The third-order valence-corrected chi connectivity index (χ3v) is 10.5. The number of nitriles is 1. The minimum atomic E-state index is -0.492. The van der Waals surface area contributed by atoms with Crippen LogP contribution in [0.2, 0.25) is 0 Å². The molecule has 0 atom stereocenters. The molecule has 0 radical (unpaired) electrons.